The Kier molecular flexibility index (Phi) is 3.66. The van der Waals surface area contributed by atoms with E-state index < -0.39 is 0 Å². The molecule has 2 heterocycles. The largest absolute Gasteiger partial charge is 0.353 e. The summed E-state index contributed by atoms with van der Waals surface area (Å²) in [6.07, 6.45) is 2.37. The van der Waals surface area contributed by atoms with Crippen LogP contribution < -0.4 is 11.1 Å². The normalized spacial score (nSPS) is 30.5. The standard InChI is InChI=1S/C12H21N3O2/c1-8(6-13)12(17)15-5-4-10-9(7-15)2-3-11(16)14-10/h8-10H,2-7,13H2,1H3,(H,14,16). The number of hydrogen-bond donors (Lipinski definition) is 2. The van der Waals surface area contributed by atoms with Crippen LogP contribution in [0.4, 0.5) is 0 Å². The zero-order chi connectivity index (χ0) is 12.4. The number of nitrogens with zero attached hydrogens (tertiary/aromatic N) is 1. The van der Waals surface area contributed by atoms with E-state index in [9.17, 15) is 9.59 Å². The first kappa shape index (κ1) is 12.4. The van der Waals surface area contributed by atoms with E-state index >= 15 is 0 Å². The first-order valence-electron chi connectivity index (χ1n) is 6.40. The van der Waals surface area contributed by atoms with Gasteiger partial charge in [0, 0.05) is 38.0 Å². The summed E-state index contributed by atoms with van der Waals surface area (Å²) >= 11 is 0. The van der Waals surface area contributed by atoms with Crippen molar-refractivity contribution in [1.29, 1.82) is 0 Å². The highest BCUT2D eigenvalue weighted by atomic mass is 16.2. The van der Waals surface area contributed by atoms with Gasteiger partial charge in [0.05, 0.1) is 0 Å². The summed E-state index contributed by atoms with van der Waals surface area (Å²) in [5.74, 6) is 0.643. The summed E-state index contributed by atoms with van der Waals surface area (Å²) in [5.41, 5.74) is 5.53. The molecule has 3 unspecified atom stereocenters. The number of carbonyl (C=O) groups excluding carboxylic acids is 2. The highest BCUT2D eigenvalue weighted by molar-refractivity contribution is 5.79. The molecule has 96 valence electrons. The Morgan fingerprint density at radius 1 is 1.59 bits per heavy atom. The maximum Gasteiger partial charge on any atom is 0.226 e. The average Bonchev–Trinajstić information content (AvgIpc) is 2.36. The lowest BCUT2D eigenvalue weighted by atomic mass is 9.85. The van der Waals surface area contributed by atoms with E-state index in [1.807, 2.05) is 11.8 Å². The van der Waals surface area contributed by atoms with Crippen LogP contribution in [-0.4, -0.2) is 42.4 Å². The quantitative estimate of drug-likeness (QED) is 0.695. The highest BCUT2D eigenvalue weighted by Crippen LogP contribution is 2.25. The third-order valence-corrected chi connectivity index (χ3v) is 3.91. The van der Waals surface area contributed by atoms with Gasteiger partial charge >= 0.3 is 0 Å². The Morgan fingerprint density at radius 2 is 2.35 bits per heavy atom. The average molecular weight is 239 g/mol. The zero-order valence-electron chi connectivity index (χ0n) is 10.3. The van der Waals surface area contributed by atoms with Crippen molar-refractivity contribution in [2.45, 2.75) is 32.2 Å². The molecule has 17 heavy (non-hydrogen) atoms. The van der Waals surface area contributed by atoms with Gasteiger partial charge in [0.1, 0.15) is 0 Å². The predicted octanol–water partition coefficient (Wildman–Crippen LogP) is -0.292. The van der Waals surface area contributed by atoms with Crippen molar-refractivity contribution < 1.29 is 9.59 Å². The Labute approximate surface area is 102 Å². The van der Waals surface area contributed by atoms with Gasteiger partial charge in [-0.3, -0.25) is 9.59 Å². The van der Waals surface area contributed by atoms with E-state index in [2.05, 4.69) is 5.32 Å². The Bertz CT molecular complexity index is 319. The van der Waals surface area contributed by atoms with Crippen LogP contribution in [-0.2, 0) is 9.59 Å². The van der Waals surface area contributed by atoms with Crippen LogP contribution in [0, 0.1) is 11.8 Å². The number of amides is 2. The molecule has 0 radical (unpaired) electrons. The number of carbonyl (C=O) groups is 2. The summed E-state index contributed by atoms with van der Waals surface area (Å²) in [5, 5.41) is 3.02. The summed E-state index contributed by atoms with van der Waals surface area (Å²) in [6, 6.07) is 0.272. The van der Waals surface area contributed by atoms with E-state index in [4.69, 9.17) is 5.73 Å². The second kappa shape index (κ2) is 5.04. The van der Waals surface area contributed by atoms with Gasteiger partial charge in [0.15, 0.2) is 0 Å². The molecule has 0 aromatic rings. The molecule has 0 spiro atoms. The van der Waals surface area contributed by atoms with E-state index in [1.54, 1.807) is 0 Å². The topological polar surface area (TPSA) is 75.4 Å². The van der Waals surface area contributed by atoms with Crippen molar-refractivity contribution in [3.63, 3.8) is 0 Å². The van der Waals surface area contributed by atoms with Crippen LogP contribution in [0.25, 0.3) is 0 Å². The van der Waals surface area contributed by atoms with Crippen LogP contribution in [0.15, 0.2) is 0 Å². The second-order valence-corrected chi connectivity index (χ2v) is 5.18. The third kappa shape index (κ3) is 2.60. The molecule has 0 aromatic carbocycles. The van der Waals surface area contributed by atoms with Crippen molar-refractivity contribution in [3.05, 3.63) is 0 Å². The zero-order valence-corrected chi connectivity index (χ0v) is 10.3. The fourth-order valence-electron chi connectivity index (χ4n) is 2.72. The fraction of sp³-hybridized carbons (Fsp3) is 0.833. The number of likely N-dealkylation sites (tertiary alicyclic amines) is 1. The summed E-state index contributed by atoms with van der Waals surface area (Å²) in [6.45, 7) is 3.79. The predicted molar refractivity (Wildman–Crippen MR) is 64.1 cm³/mol. The second-order valence-electron chi connectivity index (χ2n) is 5.18. The van der Waals surface area contributed by atoms with Gasteiger partial charge in [-0.05, 0) is 18.8 Å². The Hall–Kier alpha value is -1.10. The number of nitrogens with two attached hydrogens (primary N) is 1. The summed E-state index contributed by atoms with van der Waals surface area (Å²) in [4.78, 5) is 25.2. The van der Waals surface area contributed by atoms with Crippen LogP contribution >= 0.6 is 0 Å². The van der Waals surface area contributed by atoms with Crippen molar-refractivity contribution in [2.75, 3.05) is 19.6 Å². The van der Waals surface area contributed by atoms with Crippen molar-refractivity contribution in [3.8, 4) is 0 Å². The minimum Gasteiger partial charge on any atom is -0.353 e. The van der Waals surface area contributed by atoms with E-state index in [-0.39, 0.29) is 23.8 Å². The molecule has 3 atom stereocenters. The van der Waals surface area contributed by atoms with Gasteiger partial charge in [-0.2, -0.15) is 0 Å². The molecule has 0 aromatic heterocycles. The molecule has 2 aliphatic heterocycles. The molecule has 0 aliphatic carbocycles. The van der Waals surface area contributed by atoms with Gasteiger partial charge in [-0.15, -0.1) is 0 Å². The van der Waals surface area contributed by atoms with Crippen LogP contribution in [0.2, 0.25) is 0 Å². The van der Waals surface area contributed by atoms with E-state index in [1.165, 1.54) is 0 Å². The minimum absolute atomic E-state index is 0.0928. The first-order chi connectivity index (χ1) is 8.11. The van der Waals surface area contributed by atoms with Gasteiger partial charge in [0.2, 0.25) is 11.8 Å². The molecule has 0 saturated carbocycles. The smallest absolute Gasteiger partial charge is 0.226 e. The maximum absolute atomic E-state index is 12.0. The number of piperidine rings is 2. The van der Waals surface area contributed by atoms with E-state index in [0.717, 1.165) is 25.9 Å². The number of fused-ring (bicyclic) bond motifs is 1. The van der Waals surface area contributed by atoms with Gasteiger partial charge in [-0.25, -0.2) is 0 Å². The Morgan fingerprint density at radius 3 is 3.06 bits per heavy atom. The SMILES string of the molecule is CC(CN)C(=O)N1CCC2NC(=O)CCC2C1. The van der Waals surface area contributed by atoms with Crippen molar-refractivity contribution in [2.24, 2.45) is 17.6 Å². The highest BCUT2D eigenvalue weighted by Gasteiger charge is 2.35. The lowest BCUT2D eigenvalue weighted by Gasteiger charge is -2.42. The maximum atomic E-state index is 12.0. The fourth-order valence-corrected chi connectivity index (χ4v) is 2.72. The first-order valence-corrected chi connectivity index (χ1v) is 6.40. The molecule has 5 nitrogen and oxygen atoms in total. The van der Waals surface area contributed by atoms with Crippen LogP contribution in [0.5, 0.6) is 0 Å². The number of hydrogen-bond acceptors (Lipinski definition) is 3. The van der Waals surface area contributed by atoms with Crippen LogP contribution in [0.1, 0.15) is 26.2 Å². The number of nitrogens with one attached hydrogen (secondary N) is 1. The molecular weight excluding hydrogens is 218 g/mol. The van der Waals surface area contributed by atoms with Gasteiger partial charge in [-0.1, -0.05) is 6.92 Å². The minimum atomic E-state index is -0.0928. The Balaban J connectivity index is 1.94. The van der Waals surface area contributed by atoms with Gasteiger partial charge in [0.25, 0.3) is 0 Å². The van der Waals surface area contributed by atoms with Crippen LogP contribution in [0.3, 0.4) is 0 Å². The summed E-state index contributed by atoms with van der Waals surface area (Å²) < 4.78 is 0. The molecule has 2 rings (SSSR count). The van der Waals surface area contributed by atoms with Crippen molar-refractivity contribution >= 4 is 11.8 Å². The molecule has 0 bridgehead atoms. The molecule has 2 saturated heterocycles. The third-order valence-electron chi connectivity index (χ3n) is 3.91. The lowest BCUT2D eigenvalue weighted by molar-refractivity contribution is -0.138. The van der Waals surface area contributed by atoms with E-state index in [0.29, 0.717) is 18.9 Å². The summed E-state index contributed by atoms with van der Waals surface area (Å²) in [7, 11) is 0. The molecule has 5 heteroatoms. The molecule has 2 amide bonds. The number of rotatable bonds is 2. The lowest BCUT2D eigenvalue weighted by Crippen LogP contribution is -2.56. The molecule has 3 N–H and O–H groups in total. The molecular formula is C12H21N3O2. The molecule has 2 aliphatic rings. The monoisotopic (exact) mass is 239 g/mol. The van der Waals surface area contributed by atoms with Crippen molar-refractivity contribution in [1.82, 2.24) is 10.2 Å². The molecule has 2 fully saturated rings. The van der Waals surface area contributed by atoms with Gasteiger partial charge < -0.3 is 16.0 Å².